The van der Waals surface area contributed by atoms with E-state index in [0.717, 1.165) is 24.3 Å². The van der Waals surface area contributed by atoms with Crippen LogP contribution in [0.15, 0.2) is 48.5 Å². The maximum absolute atomic E-state index is 12.5. The summed E-state index contributed by atoms with van der Waals surface area (Å²) >= 11 is 0. The quantitative estimate of drug-likeness (QED) is 0.679. The number of hydrogen-bond donors (Lipinski definition) is 1. The maximum Gasteiger partial charge on any atom is 0.163 e. The van der Waals surface area contributed by atoms with Crippen LogP contribution in [0.4, 0.5) is 0 Å². The van der Waals surface area contributed by atoms with E-state index in [-0.39, 0.29) is 18.2 Å². The summed E-state index contributed by atoms with van der Waals surface area (Å²) in [6, 6.07) is 16.3. The first-order chi connectivity index (χ1) is 12.8. The number of carbonyl (C=O) groups excluding carboxylic acids is 1. The van der Waals surface area contributed by atoms with Gasteiger partial charge >= 0.3 is 0 Å². The van der Waals surface area contributed by atoms with Crippen molar-refractivity contribution in [1.29, 1.82) is 0 Å². The van der Waals surface area contributed by atoms with Crippen LogP contribution in [0.5, 0.6) is 11.5 Å². The summed E-state index contributed by atoms with van der Waals surface area (Å²) in [7, 11) is 0. The van der Waals surface area contributed by atoms with Crippen molar-refractivity contribution in [2.24, 2.45) is 0 Å². The Morgan fingerprint density at radius 1 is 1.04 bits per heavy atom. The minimum Gasteiger partial charge on any atom is -1.00 e. The number of likely N-dealkylation sites (tertiary alicyclic amines) is 1. The van der Waals surface area contributed by atoms with Gasteiger partial charge < -0.3 is 26.8 Å². The highest BCUT2D eigenvalue weighted by Crippen LogP contribution is 2.31. The molecule has 1 saturated heterocycles. The number of carbonyl (C=O) groups is 1. The number of benzene rings is 2. The van der Waals surface area contributed by atoms with Crippen LogP contribution in [-0.4, -0.2) is 38.6 Å². The van der Waals surface area contributed by atoms with Crippen molar-refractivity contribution in [3.63, 3.8) is 0 Å². The number of halogens is 1. The Morgan fingerprint density at radius 3 is 2.63 bits per heavy atom. The largest absolute Gasteiger partial charge is 1.00 e. The van der Waals surface area contributed by atoms with E-state index < -0.39 is 0 Å². The molecule has 0 bridgehead atoms. The third-order valence-corrected chi connectivity index (χ3v) is 5.45. The predicted octanol–water partition coefficient (Wildman–Crippen LogP) is -0.503. The third-order valence-electron chi connectivity index (χ3n) is 5.45. The standard InChI is InChI=1S/C22H25NO3.ClH/c24-20(18-8-9-21-22(15-18)26-14-13-25-21)7-4-11-23-12-10-19(16-23)17-5-2-1-3-6-17;/h1-3,5-6,8-9,15,19H,4,7,10-14,16H2;1H. The predicted molar refractivity (Wildman–Crippen MR) is 100 cm³/mol. The van der Waals surface area contributed by atoms with E-state index in [1.165, 1.54) is 25.1 Å². The molecule has 0 spiro atoms. The van der Waals surface area contributed by atoms with E-state index in [9.17, 15) is 4.79 Å². The molecular formula is C22H26ClNO3. The van der Waals surface area contributed by atoms with Crippen LogP contribution in [0.3, 0.4) is 0 Å². The summed E-state index contributed by atoms with van der Waals surface area (Å²) in [6.07, 6.45) is 2.78. The molecule has 0 radical (unpaired) electrons. The Kier molecular flexibility index (Phi) is 6.75. The van der Waals surface area contributed by atoms with Crippen molar-refractivity contribution in [2.75, 3.05) is 32.8 Å². The van der Waals surface area contributed by atoms with E-state index >= 15 is 0 Å². The highest BCUT2D eigenvalue weighted by atomic mass is 35.5. The second kappa shape index (κ2) is 9.25. The molecule has 2 aromatic rings. The molecule has 1 fully saturated rings. The molecule has 1 N–H and O–H groups in total. The van der Waals surface area contributed by atoms with Gasteiger partial charge in [-0.2, -0.15) is 0 Å². The van der Waals surface area contributed by atoms with Crippen LogP contribution < -0.4 is 26.8 Å². The molecule has 0 aromatic heterocycles. The van der Waals surface area contributed by atoms with Crippen molar-refractivity contribution in [3.8, 4) is 11.5 Å². The summed E-state index contributed by atoms with van der Waals surface area (Å²) in [4.78, 5) is 14.1. The third kappa shape index (κ3) is 4.82. The number of Topliss-reactive ketones (excluding diaryl/α,β-unsaturated/α-hetero) is 1. The zero-order valence-electron chi connectivity index (χ0n) is 15.5. The van der Waals surface area contributed by atoms with Gasteiger partial charge in [-0.05, 0) is 23.8 Å². The van der Waals surface area contributed by atoms with Gasteiger partial charge in [-0.1, -0.05) is 30.3 Å². The van der Waals surface area contributed by atoms with Crippen LogP contribution in [0.2, 0.25) is 0 Å². The zero-order valence-corrected chi connectivity index (χ0v) is 16.2. The van der Waals surface area contributed by atoms with Crippen molar-refractivity contribution in [1.82, 2.24) is 0 Å². The van der Waals surface area contributed by atoms with Crippen molar-refractivity contribution >= 4 is 5.78 Å². The average molecular weight is 388 g/mol. The van der Waals surface area contributed by atoms with Crippen LogP contribution >= 0.6 is 0 Å². The first-order valence-electron chi connectivity index (χ1n) is 9.61. The monoisotopic (exact) mass is 387 g/mol. The second-order valence-corrected chi connectivity index (χ2v) is 7.24. The first-order valence-corrected chi connectivity index (χ1v) is 9.61. The fourth-order valence-corrected chi connectivity index (χ4v) is 4.03. The minimum absolute atomic E-state index is 0. The molecular weight excluding hydrogens is 362 g/mol. The molecule has 2 aromatic carbocycles. The number of ether oxygens (including phenoxy) is 2. The van der Waals surface area contributed by atoms with E-state index in [2.05, 4.69) is 30.3 Å². The van der Waals surface area contributed by atoms with E-state index in [4.69, 9.17) is 9.47 Å². The van der Waals surface area contributed by atoms with Gasteiger partial charge in [0.25, 0.3) is 0 Å². The van der Waals surface area contributed by atoms with E-state index in [1.54, 1.807) is 4.90 Å². The molecule has 0 saturated carbocycles. The van der Waals surface area contributed by atoms with Crippen LogP contribution in [0.25, 0.3) is 0 Å². The lowest BCUT2D eigenvalue weighted by atomic mass is 9.99. The Hall–Kier alpha value is -2.04. The molecule has 144 valence electrons. The molecule has 0 amide bonds. The van der Waals surface area contributed by atoms with Crippen molar-refractivity contribution < 1.29 is 31.6 Å². The second-order valence-electron chi connectivity index (χ2n) is 7.24. The average Bonchev–Trinajstić information content (AvgIpc) is 3.17. The summed E-state index contributed by atoms with van der Waals surface area (Å²) in [5, 5.41) is 0. The van der Waals surface area contributed by atoms with Gasteiger partial charge in [0.15, 0.2) is 17.3 Å². The van der Waals surface area contributed by atoms with Gasteiger partial charge in [0.2, 0.25) is 0 Å². The lowest BCUT2D eigenvalue weighted by molar-refractivity contribution is -0.888. The number of rotatable bonds is 6. The zero-order chi connectivity index (χ0) is 17.8. The normalized spacial score (nSPS) is 20.7. The fourth-order valence-electron chi connectivity index (χ4n) is 4.03. The summed E-state index contributed by atoms with van der Waals surface area (Å²) < 4.78 is 11.1. The molecule has 4 rings (SSSR count). The van der Waals surface area contributed by atoms with Crippen LogP contribution in [0, 0.1) is 0 Å². The number of ketones is 1. The van der Waals surface area contributed by atoms with Gasteiger partial charge in [0, 0.05) is 30.7 Å². The van der Waals surface area contributed by atoms with Gasteiger partial charge in [-0.3, -0.25) is 4.79 Å². The fraction of sp³-hybridized carbons (Fsp3) is 0.409. The lowest BCUT2D eigenvalue weighted by Crippen LogP contribution is -3.10. The Morgan fingerprint density at radius 2 is 1.81 bits per heavy atom. The Bertz CT molecular complexity index is 765. The number of fused-ring (bicyclic) bond motifs is 1. The lowest BCUT2D eigenvalue weighted by Gasteiger charge is -2.18. The molecule has 5 heteroatoms. The van der Waals surface area contributed by atoms with Crippen molar-refractivity contribution in [3.05, 3.63) is 59.7 Å². The highest BCUT2D eigenvalue weighted by Gasteiger charge is 2.27. The summed E-state index contributed by atoms with van der Waals surface area (Å²) in [5.41, 5.74) is 2.18. The number of nitrogens with one attached hydrogen (secondary N) is 1. The van der Waals surface area contributed by atoms with E-state index in [0.29, 0.717) is 31.3 Å². The number of quaternary nitrogens is 1. The highest BCUT2D eigenvalue weighted by molar-refractivity contribution is 5.96. The Balaban J connectivity index is 0.00000210. The molecule has 2 aliphatic rings. The first kappa shape index (κ1) is 19.7. The van der Waals surface area contributed by atoms with Gasteiger partial charge in [-0.15, -0.1) is 0 Å². The van der Waals surface area contributed by atoms with Crippen LogP contribution in [-0.2, 0) is 0 Å². The van der Waals surface area contributed by atoms with Gasteiger partial charge in [-0.25, -0.2) is 0 Å². The maximum atomic E-state index is 12.5. The van der Waals surface area contributed by atoms with Crippen molar-refractivity contribution in [2.45, 2.75) is 25.2 Å². The Labute approximate surface area is 166 Å². The number of hydrogen-bond acceptors (Lipinski definition) is 3. The SMILES string of the molecule is O=C(CCC[NH+]1CCC(c2ccccc2)C1)c1ccc2c(c1)OCCO2.[Cl-]. The summed E-state index contributed by atoms with van der Waals surface area (Å²) in [6.45, 7) is 4.58. The molecule has 2 aliphatic heterocycles. The minimum atomic E-state index is 0. The topological polar surface area (TPSA) is 40.0 Å². The molecule has 2 atom stereocenters. The summed E-state index contributed by atoms with van der Waals surface area (Å²) in [5.74, 6) is 2.29. The molecule has 2 unspecified atom stereocenters. The molecule has 0 aliphatic carbocycles. The van der Waals surface area contributed by atoms with Gasteiger partial charge in [0.1, 0.15) is 13.2 Å². The van der Waals surface area contributed by atoms with Crippen LogP contribution in [0.1, 0.15) is 41.1 Å². The smallest absolute Gasteiger partial charge is 0.163 e. The molecule has 27 heavy (non-hydrogen) atoms. The van der Waals surface area contributed by atoms with E-state index in [1.807, 2.05) is 18.2 Å². The van der Waals surface area contributed by atoms with Gasteiger partial charge in [0.05, 0.1) is 19.6 Å². The molecule has 2 heterocycles. The molecule has 4 nitrogen and oxygen atoms in total.